The van der Waals surface area contributed by atoms with Crippen molar-refractivity contribution in [2.75, 3.05) is 0 Å². The zero-order valence-corrected chi connectivity index (χ0v) is 14.8. The number of hydrogen-bond donors (Lipinski definition) is 0. The molecule has 26 heavy (non-hydrogen) atoms. The van der Waals surface area contributed by atoms with E-state index in [1.54, 1.807) is 30.3 Å². The molecule has 5 rings (SSSR count). The lowest BCUT2D eigenvalue weighted by molar-refractivity contribution is 1.18. The fraction of sp³-hybridized carbons (Fsp3) is 0. The van der Waals surface area contributed by atoms with Crippen LogP contribution in [-0.2, 0) is 0 Å². The molecular formula is C24H16BrN. The van der Waals surface area contributed by atoms with E-state index >= 15 is 0 Å². The summed E-state index contributed by atoms with van der Waals surface area (Å²) >= 11 is 3.11. The van der Waals surface area contributed by atoms with E-state index in [1.807, 2.05) is 0 Å². The van der Waals surface area contributed by atoms with Crippen molar-refractivity contribution in [1.29, 1.82) is 0 Å². The number of hydrogen-bond acceptors (Lipinski definition) is 0. The van der Waals surface area contributed by atoms with Crippen LogP contribution in [0, 0.1) is 0 Å². The van der Waals surface area contributed by atoms with Crippen molar-refractivity contribution in [2.45, 2.75) is 0 Å². The van der Waals surface area contributed by atoms with Gasteiger partial charge in [0.05, 0.1) is 26.1 Å². The molecule has 0 saturated carbocycles. The van der Waals surface area contributed by atoms with Gasteiger partial charge in [-0.25, -0.2) is 0 Å². The molecule has 0 aliphatic carbocycles. The summed E-state index contributed by atoms with van der Waals surface area (Å²) in [5.74, 6) is 0. The number of halogens is 1. The Morgan fingerprint density at radius 1 is 0.692 bits per heavy atom. The molecule has 1 aromatic heterocycles. The van der Waals surface area contributed by atoms with Crippen LogP contribution >= 0.6 is 15.9 Å². The van der Waals surface area contributed by atoms with E-state index in [-0.39, 0.29) is 49.6 Å². The first kappa shape index (κ1) is 7.81. The molecular weight excluding hydrogens is 382 g/mol. The molecule has 1 heterocycles. The highest BCUT2D eigenvalue weighted by molar-refractivity contribution is 9.10. The van der Waals surface area contributed by atoms with Gasteiger partial charge in [0, 0.05) is 20.9 Å². The monoisotopic (exact) mass is 408 g/mol. The van der Waals surface area contributed by atoms with Crippen LogP contribution in [0.5, 0.6) is 0 Å². The maximum Gasteiger partial charge on any atom is 0.0657 e. The second kappa shape index (κ2) is 6.15. The molecule has 0 aliphatic rings. The molecule has 0 bridgehead atoms. The summed E-state index contributed by atoms with van der Waals surface area (Å²) in [5.41, 5.74) is -0.0450. The summed E-state index contributed by atoms with van der Waals surface area (Å²) in [4.78, 5) is 0. The molecule has 0 N–H and O–H groups in total. The first-order valence-electron chi connectivity index (χ1n) is 13.3. The van der Waals surface area contributed by atoms with Crippen molar-refractivity contribution >= 4 is 37.7 Å². The fourth-order valence-corrected chi connectivity index (χ4v) is 3.20. The van der Waals surface area contributed by atoms with Crippen molar-refractivity contribution in [3.8, 4) is 16.8 Å². The summed E-state index contributed by atoms with van der Waals surface area (Å²) in [6, 6.07) is 3.53. The van der Waals surface area contributed by atoms with E-state index in [0.717, 1.165) is 4.57 Å². The first-order chi connectivity index (χ1) is 17.4. The Bertz CT molecular complexity index is 1770. The molecule has 0 spiro atoms. The van der Waals surface area contributed by atoms with Gasteiger partial charge in [-0.15, -0.1) is 0 Å². The number of fused-ring (bicyclic) bond motifs is 3. The predicted molar refractivity (Wildman–Crippen MR) is 114 cm³/mol. The molecule has 1 nitrogen and oxygen atoms in total. The second-order valence-corrected chi connectivity index (χ2v) is 6.35. The minimum atomic E-state index is -0.589. The van der Waals surface area contributed by atoms with Crippen molar-refractivity contribution in [3.63, 3.8) is 0 Å². The molecule has 0 fully saturated rings. The van der Waals surface area contributed by atoms with Gasteiger partial charge < -0.3 is 4.57 Å². The maximum atomic E-state index is 9.05. The average Bonchev–Trinajstić information content (AvgIpc) is 3.24. The van der Waals surface area contributed by atoms with Crippen molar-refractivity contribution in [1.82, 2.24) is 4.57 Å². The molecule has 0 saturated heterocycles. The third-order valence-corrected chi connectivity index (χ3v) is 4.42. The minimum absolute atomic E-state index is 0.0294. The van der Waals surface area contributed by atoms with E-state index in [9.17, 15) is 0 Å². The molecule has 4 aromatic carbocycles. The molecule has 0 atom stereocenters. The summed E-state index contributed by atoms with van der Waals surface area (Å²) in [7, 11) is 0. The Hall–Kier alpha value is -2.84. The van der Waals surface area contributed by atoms with Gasteiger partial charge in [0.25, 0.3) is 0 Å². The molecule has 0 amide bonds. The van der Waals surface area contributed by atoms with Crippen molar-refractivity contribution in [2.24, 2.45) is 0 Å². The van der Waals surface area contributed by atoms with E-state index < -0.39 is 54.4 Å². The van der Waals surface area contributed by atoms with Gasteiger partial charge in [-0.3, -0.25) is 0 Å². The summed E-state index contributed by atoms with van der Waals surface area (Å²) in [5, 5.41) is -0.119. The number of benzene rings is 4. The molecule has 124 valence electrons. The largest absolute Gasteiger partial charge is 0.309 e. The van der Waals surface area contributed by atoms with Crippen LogP contribution in [0.3, 0.4) is 0 Å². The van der Waals surface area contributed by atoms with E-state index in [2.05, 4.69) is 15.9 Å². The van der Waals surface area contributed by atoms with Crippen LogP contribution in [0.25, 0.3) is 38.6 Å². The summed E-state index contributed by atoms with van der Waals surface area (Å²) < 4.78 is 94.9. The lowest BCUT2D eigenvalue weighted by Gasteiger charge is -2.08. The van der Waals surface area contributed by atoms with Crippen LogP contribution in [-0.4, -0.2) is 4.57 Å². The molecule has 2 heteroatoms. The van der Waals surface area contributed by atoms with Gasteiger partial charge >= 0.3 is 0 Å². The molecule has 0 radical (unpaired) electrons. The van der Waals surface area contributed by atoms with Crippen molar-refractivity contribution in [3.05, 3.63) is 101 Å². The summed E-state index contributed by atoms with van der Waals surface area (Å²) in [6.07, 6.45) is 0. The zero-order valence-electron chi connectivity index (χ0n) is 24.2. The topological polar surface area (TPSA) is 4.93 Å². The predicted octanol–water partition coefficient (Wildman–Crippen LogP) is 7.21. The second-order valence-electron chi connectivity index (χ2n) is 5.56. The number of para-hydroxylation sites is 1. The number of rotatable bonds is 2. The van der Waals surface area contributed by atoms with Crippen LogP contribution in [0.2, 0.25) is 0 Å². The lowest BCUT2D eigenvalue weighted by atomic mass is 10.0. The van der Waals surface area contributed by atoms with Gasteiger partial charge in [0.2, 0.25) is 0 Å². The average molecular weight is 409 g/mol. The molecule has 5 aromatic rings. The number of aromatic nitrogens is 1. The van der Waals surface area contributed by atoms with E-state index in [0.29, 0.717) is 5.56 Å². The van der Waals surface area contributed by atoms with Crippen LogP contribution in [0.15, 0.2) is 101 Å². The fourth-order valence-electron chi connectivity index (χ4n) is 2.91. The van der Waals surface area contributed by atoms with Gasteiger partial charge in [0.1, 0.15) is 0 Å². The third kappa shape index (κ3) is 2.46. The third-order valence-electron chi connectivity index (χ3n) is 4.02. The highest BCUT2D eigenvalue weighted by Crippen LogP contribution is 2.35. The van der Waals surface area contributed by atoms with Gasteiger partial charge in [-0.1, -0.05) is 76.5 Å². The SMILES string of the molecule is [2H]c1c([2H])c(Br)c([2H])c(-n2c3c([2H])c([2H])c([2H])c([2H])c3c3c([2H])c(-c4ccccc4)c([2H])c([2H])c32)c1[2H]. The Morgan fingerprint density at radius 3 is 2.38 bits per heavy atom. The zero-order chi connectivity index (χ0) is 27.1. The van der Waals surface area contributed by atoms with E-state index in [4.69, 9.17) is 15.1 Å². The van der Waals surface area contributed by atoms with Crippen molar-refractivity contribution < 1.29 is 15.1 Å². The molecule has 0 aliphatic heterocycles. The highest BCUT2D eigenvalue weighted by atomic mass is 79.9. The Balaban J connectivity index is 2.17. The smallest absolute Gasteiger partial charge is 0.0657 e. The van der Waals surface area contributed by atoms with Crippen LogP contribution in [0.1, 0.15) is 15.1 Å². The van der Waals surface area contributed by atoms with Crippen LogP contribution in [0.4, 0.5) is 0 Å². The molecule has 0 unspecified atom stereocenters. The van der Waals surface area contributed by atoms with Gasteiger partial charge in [-0.2, -0.15) is 0 Å². The standard InChI is InChI=1S/C24H16BrN/c25-19-9-6-10-20(16-19)26-23-12-5-4-11-21(23)22-15-18(13-14-24(22)26)17-7-2-1-3-8-17/h1-16H/i4D,5D,6D,9D,10D,11D,12D,13D,14D,15D,16D. The quantitative estimate of drug-likeness (QED) is 0.290. The Kier molecular flexibility index (Phi) is 1.85. The van der Waals surface area contributed by atoms with Gasteiger partial charge in [-0.05, 0) is 47.4 Å². The van der Waals surface area contributed by atoms with E-state index in [1.165, 1.54) is 0 Å². The first-order valence-corrected chi connectivity index (χ1v) is 8.56. The van der Waals surface area contributed by atoms with Gasteiger partial charge in [0.15, 0.2) is 0 Å². The minimum Gasteiger partial charge on any atom is -0.309 e. The van der Waals surface area contributed by atoms with Crippen LogP contribution < -0.4 is 0 Å². The lowest BCUT2D eigenvalue weighted by Crippen LogP contribution is -1.93. The maximum absolute atomic E-state index is 9.05. The summed E-state index contributed by atoms with van der Waals surface area (Å²) in [6.45, 7) is 0. The normalized spacial score (nSPS) is 17.2. The number of nitrogens with zero attached hydrogens (tertiary/aromatic N) is 1. The Labute approximate surface area is 176 Å². The Morgan fingerprint density at radius 2 is 1.50 bits per heavy atom. The highest BCUT2D eigenvalue weighted by Gasteiger charge is 2.13.